The van der Waals surface area contributed by atoms with Crippen LogP contribution in [0.15, 0.2) is 27.8 Å². The summed E-state index contributed by atoms with van der Waals surface area (Å²) in [4.78, 5) is 0. The van der Waals surface area contributed by atoms with Gasteiger partial charge in [-0.1, -0.05) is 23.9 Å². The van der Waals surface area contributed by atoms with Crippen LogP contribution in [-0.2, 0) is 11.3 Å². The predicted molar refractivity (Wildman–Crippen MR) is 84.2 cm³/mol. The molecule has 0 spiro atoms. The molecule has 1 aliphatic heterocycles. The van der Waals surface area contributed by atoms with Gasteiger partial charge in [0.15, 0.2) is 6.61 Å². The van der Waals surface area contributed by atoms with Gasteiger partial charge in [0.05, 0.1) is 6.10 Å². The zero-order valence-electron chi connectivity index (χ0n) is 12.9. The zero-order valence-corrected chi connectivity index (χ0v) is 13.7. The molecule has 0 radical (unpaired) electrons. The molecule has 0 amide bonds. The van der Waals surface area contributed by atoms with Crippen molar-refractivity contribution < 1.29 is 13.9 Å². The van der Waals surface area contributed by atoms with E-state index in [1.165, 1.54) is 5.56 Å². The van der Waals surface area contributed by atoms with Crippen LogP contribution in [0.2, 0.25) is 0 Å². The second-order valence-corrected chi connectivity index (χ2v) is 6.44. The molecule has 1 atom stereocenters. The van der Waals surface area contributed by atoms with Gasteiger partial charge in [0.25, 0.3) is 11.1 Å². The van der Waals surface area contributed by atoms with Gasteiger partial charge in [-0.25, -0.2) is 0 Å². The number of nitrogens with zero attached hydrogens (tertiary/aromatic N) is 2. The number of ether oxygens (including phenoxy) is 2. The lowest BCUT2D eigenvalue weighted by molar-refractivity contribution is 0.128. The van der Waals surface area contributed by atoms with Crippen LogP contribution in [0, 0.1) is 13.8 Å². The average molecular weight is 320 g/mol. The van der Waals surface area contributed by atoms with Crippen molar-refractivity contribution in [1.82, 2.24) is 10.2 Å². The molecule has 118 valence electrons. The first-order chi connectivity index (χ1) is 10.7. The molecule has 0 N–H and O–H groups in total. The van der Waals surface area contributed by atoms with Crippen molar-refractivity contribution >= 4 is 11.8 Å². The van der Waals surface area contributed by atoms with Crippen LogP contribution in [0.5, 0.6) is 5.75 Å². The van der Waals surface area contributed by atoms with Crippen molar-refractivity contribution in [3.8, 4) is 5.75 Å². The molecule has 22 heavy (non-hydrogen) atoms. The van der Waals surface area contributed by atoms with E-state index >= 15 is 0 Å². The maximum absolute atomic E-state index is 5.76. The summed E-state index contributed by atoms with van der Waals surface area (Å²) in [6.07, 6.45) is 2.57. The molecular formula is C16H20N2O3S. The molecule has 1 saturated heterocycles. The van der Waals surface area contributed by atoms with Crippen LogP contribution in [-0.4, -0.2) is 28.7 Å². The number of rotatable bonds is 6. The van der Waals surface area contributed by atoms with Gasteiger partial charge >= 0.3 is 0 Å². The molecule has 2 heterocycles. The van der Waals surface area contributed by atoms with Crippen LogP contribution in [0.4, 0.5) is 0 Å². The van der Waals surface area contributed by atoms with E-state index in [9.17, 15) is 0 Å². The van der Waals surface area contributed by atoms with Crippen LogP contribution < -0.4 is 4.74 Å². The lowest BCUT2D eigenvalue weighted by Crippen LogP contribution is -2.07. The van der Waals surface area contributed by atoms with E-state index in [4.69, 9.17) is 13.9 Å². The first kappa shape index (κ1) is 15.4. The van der Waals surface area contributed by atoms with Crippen LogP contribution in [0.25, 0.3) is 0 Å². The number of aromatic nitrogens is 2. The van der Waals surface area contributed by atoms with Gasteiger partial charge in [0.2, 0.25) is 0 Å². The monoisotopic (exact) mass is 320 g/mol. The summed E-state index contributed by atoms with van der Waals surface area (Å²) in [5.41, 5.74) is 2.26. The van der Waals surface area contributed by atoms with Crippen molar-refractivity contribution in [3.05, 3.63) is 35.2 Å². The van der Waals surface area contributed by atoms with Crippen molar-refractivity contribution in [2.45, 2.75) is 44.6 Å². The molecule has 1 aromatic carbocycles. The first-order valence-electron chi connectivity index (χ1n) is 7.47. The SMILES string of the molecule is Cc1ccc(C)c(OCc2nnc(SCC3CCCO3)o2)c1. The van der Waals surface area contributed by atoms with Gasteiger partial charge < -0.3 is 13.9 Å². The molecule has 0 saturated carbocycles. The van der Waals surface area contributed by atoms with E-state index in [2.05, 4.69) is 16.3 Å². The molecule has 3 rings (SSSR count). The van der Waals surface area contributed by atoms with Crippen molar-refractivity contribution in [3.63, 3.8) is 0 Å². The number of hydrogen-bond acceptors (Lipinski definition) is 6. The highest BCUT2D eigenvalue weighted by Crippen LogP contribution is 2.24. The first-order valence-corrected chi connectivity index (χ1v) is 8.46. The van der Waals surface area contributed by atoms with E-state index in [1.807, 2.05) is 26.0 Å². The largest absolute Gasteiger partial charge is 0.484 e. The summed E-state index contributed by atoms with van der Waals surface area (Å²) >= 11 is 1.54. The van der Waals surface area contributed by atoms with Gasteiger partial charge in [-0.2, -0.15) is 0 Å². The molecular weight excluding hydrogens is 300 g/mol. The minimum atomic E-state index is 0.289. The number of hydrogen-bond donors (Lipinski definition) is 0. The summed E-state index contributed by atoms with van der Waals surface area (Å²) in [7, 11) is 0. The Labute approximate surface area is 134 Å². The quantitative estimate of drug-likeness (QED) is 0.759. The standard InChI is InChI=1S/C16H20N2O3S/c1-11-5-6-12(2)14(8-11)20-9-15-17-18-16(21-15)22-10-13-4-3-7-19-13/h5-6,8,13H,3-4,7,9-10H2,1-2H3. The lowest BCUT2D eigenvalue weighted by atomic mass is 10.1. The second-order valence-electron chi connectivity index (χ2n) is 5.47. The van der Waals surface area contributed by atoms with E-state index in [0.29, 0.717) is 17.2 Å². The van der Waals surface area contributed by atoms with Gasteiger partial charge in [-0.15, -0.1) is 10.2 Å². The fraction of sp³-hybridized carbons (Fsp3) is 0.500. The Kier molecular flexibility index (Phi) is 5.00. The molecule has 0 aliphatic carbocycles. The third-order valence-electron chi connectivity index (χ3n) is 3.56. The maximum atomic E-state index is 5.76. The van der Waals surface area contributed by atoms with Gasteiger partial charge in [-0.3, -0.25) is 0 Å². The maximum Gasteiger partial charge on any atom is 0.276 e. The molecule has 1 aliphatic rings. The normalized spacial score (nSPS) is 17.8. The molecule has 2 aromatic rings. The van der Waals surface area contributed by atoms with Crippen molar-refractivity contribution in [2.75, 3.05) is 12.4 Å². The summed E-state index contributed by atoms with van der Waals surface area (Å²) in [5, 5.41) is 8.64. The number of thioether (sulfide) groups is 1. The van der Waals surface area contributed by atoms with Crippen LogP contribution in [0.1, 0.15) is 29.9 Å². The van der Waals surface area contributed by atoms with Gasteiger partial charge in [0, 0.05) is 12.4 Å². The molecule has 1 aromatic heterocycles. The Balaban J connectivity index is 1.51. The highest BCUT2D eigenvalue weighted by atomic mass is 32.2. The molecule has 0 bridgehead atoms. The molecule has 1 unspecified atom stereocenters. The Morgan fingerprint density at radius 1 is 1.32 bits per heavy atom. The number of benzene rings is 1. The third kappa shape index (κ3) is 4.01. The van der Waals surface area contributed by atoms with Crippen molar-refractivity contribution in [1.29, 1.82) is 0 Å². The average Bonchev–Trinajstić information content (AvgIpc) is 3.17. The lowest BCUT2D eigenvalue weighted by Gasteiger charge is -2.07. The smallest absolute Gasteiger partial charge is 0.276 e. The highest BCUT2D eigenvalue weighted by molar-refractivity contribution is 7.99. The zero-order chi connectivity index (χ0) is 15.4. The summed E-state index contributed by atoms with van der Waals surface area (Å²) in [6, 6.07) is 6.12. The highest BCUT2D eigenvalue weighted by Gasteiger charge is 2.17. The minimum Gasteiger partial charge on any atom is -0.484 e. The predicted octanol–water partition coefficient (Wildman–Crippen LogP) is 3.54. The molecule has 6 heteroatoms. The topological polar surface area (TPSA) is 57.4 Å². The van der Waals surface area contributed by atoms with Gasteiger partial charge in [0.1, 0.15) is 5.75 Å². The fourth-order valence-electron chi connectivity index (χ4n) is 2.30. The van der Waals surface area contributed by atoms with Crippen molar-refractivity contribution in [2.24, 2.45) is 0 Å². The van der Waals surface area contributed by atoms with Gasteiger partial charge in [-0.05, 0) is 43.9 Å². The van der Waals surface area contributed by atoms with E-state index in [0.717, 1.165) is 36.5 Å². The van der Waals surface area contributed by atoms with Crippen LogP contribution in [0.3, 0.4) is 0 Å². The summed E-state index contributed by atoms with van der Waals surface area (Å²) < 4.78 is 16.9. The summed E-state index contributed by atoms with van der Waals surface area (Å²) in [6.45, 7) is 5.21. The second kappa shape index (κ2) is 7.15. The number of aryl methyl sites for hydroxylation is 2. The molecule has 1 fully saturated rings. The Hall–Kier alpha value is -1.53. The summed E-state index contributed by atoms with van der Waals surface area (Å²) in [5.74, 6) is 2.21. The van der Waals surface area contributed by atoms with Crippen LogP contribution >= 0.6 is 11.8 Å². The molecule has 5 nitrogen and oxygen atoms in total. The van der Waals surface area contributed by atoms with E-state index in [-0.39, 0.29) is 6.61 Å². The Morgan fingerprint density at radius 3 is 3.05 bits per heavy atom. The Bertz CT molecular complexity index is 624. The van der Waals surface area contributed by atoms with E-state index in [1.54, 1.807) is 11.8 Å². The third-order valence-corrected chi connectivity index (χ3v) is 4.51. The minimum absolute atomic E-state index is 0.289. The Morgan fingerprint density at radius 2 is 2.23 bits per heavy atom. The fourth-order valence-corrected chi connectivity index (χ4v) is 3.14. The van der Waals surface area contributed by atoms with E-state index < -0.39 is 0 Å².